The predicted octanol–water partition coefficient (Wildman–Crippen LogP) is 2.74. The first kappa shape index (κ1) is 16.2. The summed E-state index contributed by atoms with van der Waals surface area (Å²) in [6.45, 7) is 0.322. The van der Waals surface area contributed by atoms with Crippen LogP contribution in [0.2, 0.25) is 0 Å². The Labute approximate surface area is 111 Å². The molecule has 0 aromatic rings. The average Bonchev–Trinajstić information content (AvgIpc) is 2.39. The summed E-state index contributed by atoms with van der Waals surface area (Å²) in [5.74, 6) is 18.1. The van der Waals surface area contributed by atoms with E-state index in [1.165, 1.54) is 25.7 Å². The van der Waals surface area contributed by atoms with E-state index >= 15 is 0 Å². The summed E-state index contributed by atoms with van der Waals surface area (Å²) >= 11 is 0. The summed E-state index contributed by atoms with van der Waals surface area (Å²) in [5.41, 5.74) is 0. The van der Waals surface area contributed by atoms with Crippen molar-refractivity contribution in [2.75, 3.05) is 6.61 Å². The van der Waals surface area contributed by atoms with Gasteiger partial charge in [-0.05, 0) is 48.4 Å². The lowest BCUT2D eigenvalue weighted by molar-refractivity contribution is 0.282. The van der Waals surface area contributed by atoms with Crippen molar-refractivity contribution < 1.29 is 5.11 Å². The minimum Gasteiger partial charge on any atom is -0.396 e. The van der Waals surface area contributed by atoms with Gasteiger partial charge in [0.05, 0.1) is 0 Å². The number of rotatable bonds is 8. The Morgan fingerprint density at radius 1 is 0.667 bits per heavy atom. The van der Waals surface area contributed by atoms with Gasteiger partial charge in [-0.2, -0.15) is 0 Å². The van der Waals surface area contributed by atoms with Crippen LogP contribution in [0.25, 0.3) is 0 Å². The molecule has 0 radical (unpaired) electrons. The van der Waals surface area contributed by atoms with Gasteiger partial charge in [-0.3, -0.25) is 0 Å². The molecule has 94 valence electrons. The monoisotopic (exact) mass is 240 g/mol. The van der Waals surface area contributed by atoms with E-state index in [0.717, 1.165) is 25.7 Å². The van der Waals surface area contributed by atoms with Crippen LogP contribution in [0.4, 0.5) is 0 Å². The third kappa shape index (κ3) is 14.2. The van der Waals surface area contributed by atoms with Crippen molar-refractivity contribution in [3.8, 4) is 47.9 Å². The number of terminal acetylenes is 1. The highest BCUT2D eigenvalue weighted by Crippen LogP contribution is 2.07. The van der Waals surface area contributed by atoms with E-state index in [2.05, 4.69) is 41.4 Å². The Morgan fingerprint density at radius 2 is 1.22 bits per heavy atom. The van der Waals surface area contributed by atoms with Gasteiger partial charge in [0.25, 0.3) is 0 Å². The molecule has 0 saturated carbocycles. The number of hydrogen-bond acceptors (Lipinski definition) is 1. The minimum atomic E-state index is 0.322. The van der Waals surface area contributed by atoms with Crippen molar-refractivity contribution in [3.63, 3.8) is 0 Å². The number of unbranched alkanes of at least 4 members (excludes halogenated alkanes) is 7. The Hall–Kier alpha value is -1.80. The summed E-state index contributed by atoms with van der Waals surface area (Å²) in [7, 11) is 0. The van der Waals surface area contributed by atoms with E-state index in [-0.39, 0.29) is 0 Å². The second kappa shape index (κ2) is 15.2. The molecule has 18 heavy (non-hydrogen) atoms. The predicted molar refractivity (Wildman–Crippen MR) is 76.2 cm³/mol. The maximum Gasteiger partial charge on any atom is 0.0431 e. The molecule has 0 saturated heterocycles. The summed E-state index contributed by atoms with van der Waals surface area (Å²) in [6.07, 6.45) is 14.0. The molecule has 0 fully saturated rings. The van der Waals surface area contributed by atoms with Gasteiger partial charge in [0, 0.05) is 13.0 Å². The Bertz CT molecular complexity index is 406. The lowest BCUT2D eigenvalue weighted by atomic mass is 10.1. The third-order valence-corrected chi connectivity index (χ3v) is 2.37. The van der Waals surface area contributed by atoms with Crippen LogP contribution in [0, 0.1) is 47.9 Å². The fraction of sp³-hybridized carbons (Fsp3) is 0.529. The van der Waals surface area contributed by atoms with Gasteiger partial charge in [0.1, 0.15) is 0 Å². The highest BCUT2D eigenvalue weighted by atomic mass is 16.2. The molecule has 0 aromatic carbocycles. The van der Waals surface area contributed by atoms with Crippen LogP contribution >= 0.6 is 0 Å². The van der Waals surface area contributed by atoms with E-state index < -0.39 is 0 Å². The summed E-state index contributed by atoms with van der Waals surface area (Å²) in [5, 5.41) is 8.61. The summed E-state index contributed by atoms with van der Waals surface area (Å²) in [6, 6.07) is 0. The lowest BCUT2D eigenvalue weighted by Crippen LogP contribution is -1.83. The molecule has 1 heteroatoms. The van der Waals surface area contributed by atoms with Crippen LogP contribution in [0.15, 0.2) is 0 Å². The Morgan fingerprint density at radius 3 is 1.89 bits per heavy atom. The second-order valence-electron chi connectivity index (χ2n) is 3.89. The van der Waals surface area contributed by atoms with Crippen molar-refractivity contribution in [2.45, 2.75) is 51.4 Å². The number of aliphatic hydroxyl groups is 1. The summed E-state index contributed by atoms with van der Waals surface area (Å²) < 4.78 is 0. The van der Waals surface area contributed by atoms with E-state index in [4.69, 9.17) is 11.5 Å². The molecule has 0 amide bonds. The molecule has 1 N–H and O–H groups in total. The SMILES string of the molecule is C#CC#CC#CC#CCCCCCCCCCO. The van der Waals surface area contributed by atoms with Gasteiger partial charge in [-0.25, -0.2) is 0 Å². The van der Waals surface area contributed by atoms with E-state index in [0.29, 0.717) is 6.61 Å². The molecule has 1 nitrogen and oxygen atoms in total. The quantitative estimate of drug-likeness (QED) is 0.511. The molecular formula is C17H20O. The van der Waals surface area contributed by atoms with Crippen LogP contribution in [-0.4, -0.2) is 11.7 Å². The van der Waals surface area contributed by atoms with Crippen molar-refractivity contribution in [2.24, 2.45) is 0 Å². The van der Waals surface area contributed by atoms with E-state index in [1.807, 2.05) is 0 Å². The number of aliphatic hydroxyl groups excluding tert-OH is 1. The van der Waals surface area contributed by atoms with Crippen molar-refractivity contribution in [1.82, 2.24) is 0 Å². The fourth-order valence-corrected chi connectivity index (χ4v) is 1.45. The van der Waals surface area contributed by atoms with Crippen molar-refractivity contribution >= 4 is 0 Å². The van der Waals surface area contributed by atoms with Gasteiger partial charge >= 0.3 is 0 Å². The topological polar surface area (TPSA) is 20.2 Å². The van der Waals surface area contributed by atoms with Gasteiger partial charge in [-0.1, -0.05) is 38.0 Å². The molecule has 0 aliphatic carbocycles. The molecule has 0 rings (SSSR count). The molecule has 0 aliphatic rings. The lowest BCUT2D eigenvalue weighted by Gasteiger charge is -1.98. The molecule has 0 unspecified atom stereocenters. The van der Waals surface area contributed by atoms with Crippen LogP contribution in [-0.2, 0) is 0 Å². The van der Waals surface area contributed by atoms with Crippen LogP contribution < -0.4 is 0 Å². The fourth-order valence-electron chi connectivity index (χ4n) is 1.45. The first-order valence-corrected chi connectivity index (χ1v) is 6.46. The average molecular weight is 240 g/mol. The minimum absolute atomic E-state index is 0.322. The molecule has 0 aromatic heterocycles. The number of hydrogen-bond donors (Lipinski definition) is 1. The molecular weight excluding hydrogens is 220 g/mol. The third-order valence-electron chi connectivity index (χ3n) is 2.37. The maximum atomic E-state index is 8.61. The zero-order valence-corrected chi connectivity index (χ0v) is 10.9. The first-order valence-electron chi connectivity index (χ1n) is 6.46. The van der Waals surface area contributed by atoms with E-state index in [1.54, 1.807) is 0 Å². The standard InChI is InChI=1S/C17H20O/c1-2-3-4-5-6-7-8-9-10-11-12-13-14-15-16-17-18/h1,18H,9-17H2. The van der Waals surface area contributed by atoms with E-state index in [9.17, 15) is 0 Å². The normalized spacial score (nSPS) is 7.78. The Kier molecular flexibility index (Phi) is 13.7. The zero-order chi connectivity index (χ0) is 13.3. The Balaban J connectivity index is 3.32. The largest absolute Gasteiger partial charge is 0.396 e. The molecule has 0 spiro atoms. The maximum absolute atomic E-state index is 8.61. The summed E-state index contributed by atoms with van der Waals surface area (Å²) in [4.78, 5) is 0. The molecule has 0 bridgehead atoms. The second-order valence-corrected chi connectivity index (χ2v) is 3.89. The van der Waals surface area contributed by atoms with Crippen molar-refractivity contribution in [1.29, 1.82) is 0 Å². The zero-order valence-electron chi connectivity index (χ0n) is 10.9. The van der Waals surface area contributed by atoms with Gasteiger partial charge in [0.15, 0.2) is 0 Å². The highest BCUT2D eigenvalue weighted by molar-refractivity contribution is 5.39. The van der Waals surface area contributed by atoms with Gasteiger partial charge in [-0.15, -0.1) is 6.42 Å². The van der Waals surface area contributed by atoms with Crippen LogP contribution in [0.1, 0.15) is 51.4 Å². The first-order chi connectivity index (χ1) is 8.91. The van der Waals surface area contributed by atoms with Crippen LogP contribution in [0.3, 0.4) is 0 Å². The molecule has 0 heterocycles. The van der Waals surface area contributed by atoms with Crippen LogP contribution in [0.5, 0.6) is 0 Å². The molecule has 0 atom stereocenters. The molecule has 0 aliphatic heterocycles. The smallest absolute Gasteiger partial charge is 0.0431 e. The van der Waals surface area contributed by atoms with Gasteiger partial charge in [0.2, 0.25) is 0 Å². The van der Waals surface area contributed by atoms with Gasteiger partial charge < -0.3 is 5.11 Å². The van der Waals surface area contributed by atoms with Crippen molar-refractivity contribution in [3.05, 3.63) is 0 Å². The highest BCUT2D eigenvalue weighted by Gasteiger charge is 1.90.